The third-order valence-corrected chi connectivity index (χ3v) is 4.13. The minimum Gasteiger partial charge on any atom is -0.396 e. The molecule has 0 aliphatic carbocycles. The molecule has 0 amide bonds. The Balaban J connectivity index is 2.91. The smallest absolute Gasteiger partial charge is 0.260 e. The van der Waals surface area contributed by atoms with Crippen molar-refractivity contribution in [2.24, 2.45) is 5.92 Å². The predicted molar refractivity (Wildman–Crippen MR) is 74.1 cm³/mol. The molecule has 108 valence electrons. The van der Waals surface area contributed by atoms with Crippen LogP contribution in [0.25, 0.3) is 0 Å². The molecule has 6 nitrogen and oxygen atoms in total. The molecule has 0 spiro atoms. The maximum Gasteiger partial charge on any atom is 0.260 e. The molecule has 1 aromatic rings. The maximum atomic E-state index is 12.2. The molecule has 0 radical (unpaired) electrons. The lowest BCUT2D eigenvalue weighted by Crippen LogP contribution is -2.42. The highest BCUT2D eigenvalue weighted by Gasteiger charge is 2.25. The largest absolute Gasteiger partial charge is 0.396 e. The van der Waals surface area contributed by atoms with E-state index in [1.165, 1.54) is 12.3 Å². The molecule has 0 aliphatic rings. The van der Waals surface area contributed by atoms with E-state index >= 15 is 0 Å². The Kier molecular flexibility index (Phi) is 5.71. The van der Waals surface area contributed by atoms with Gasteiger partial charge in [0.05, 0.1) is 12.3 Å². The first-order valence-electron chi connectivity index (χ1n) is 6.19. The van der Waals surface area contributed by atoms with E-state index in [4.69, 9.17) is 10.5 Å². The fourth-order valence-electron chi connectivity index (χ4n) is 1.49. The molecule has 0 aromatic carbocycles. The van der Waals surface area contributed by atoms with E-state index in [1.807, 2.05) is 20.8 Å². The van der Waals surface area contributed by atoms with Crippen LogP contribution in [-0.2, 0) is 14.8 Å². The highest BCUT2D eigenvalue weighted by atomic mass is 32.2. The minimum absolute atomic E-state index is 0.103. The van der Waals surface area contributed by atoms with Crippen LogP contribution in [0, 0.1) is 5.92 Å². The zero-order chi connectivity index (χ0) is 14.5. The first kappa shape index (κ1) is 15.9. The molecule has 0 saturated carbocycles. The van der Waals surface area contributed by atoms with Crippen LogP contribution in [0.1, 0.15) is 20.8 Å². The van der Waals surface area contributed by atoms with Crippen LogP contribution < -0.4 is 10.5 Å². The second-order valence-electron chi connectivity index (χ2n) is 4.53. The van der Waals surface area contributed by atoms with Crippen LogP contribution in [-0.4, -0.2) is 32.7 Å². The summed E-state index contributed by atoms with van der Waals surface area (Å²) in [5, 5.41) is -0.142. The number of nitrogens with two attached hydrogens (primary N) is 1. The molecule has 3 N–H and O–H groups in total. The SMILES string of the molecule is CCOCC(NS(=O)(=O)c1ncccc1N)C(C)C. The van der Waals surface area contributed by atoms with Gasteiger partial charge in [0.25, 0.3) is 10.0 Å². The number of rotatable bonds is 7. The van der Waals surface area contributed by atoms with E-state index in [0.717, 1.165) is 0 Å². The van der Waals surface area contributed by atoms with E-state index in [1.54, 1.807) is 6.07 Å². The number of anilines is 1. The molecule has 1 atom stereocenters. The highest BCUT2D eigenvalue weighted by Crippen LogP contribution is 2.15. The first-order chi connectivity index (χ1) is 8.88. The van der Waals surface area contributed by atoms with Gasteiger partial charge >= 0.3 is 0 Å². The molecule has 19 heavy (non-hydrogen) atoms. The standard InChI is InChI=1S/C12H21N3O3S/c1-4-18-8-11(9(2)3)15-19(16,17)12-10(13)6-5-7-14-12/h5-7,9,11,15H,4,8,13H2,1-3H3. The summed E-state index contributed by atoms with van der Waals surface area (Å²) in [6.07, 6.45) is 1.40. The zero-order valence-electron chi connectivity index (χ0n) is 11.5. The average Bonchev–Trinajstić information content (AvgIpc) is 2.34. The van der Waals surface area contributed by atoms with Gasteiger partial charge in [0.1, 0.15) is 0 Å². The summed E-state index contributed by atoms with van der Waals surface area (Å²) in [5.74, 6) is 0.103. The molecular formula is C12H21N3O3S. The first-order valence-corrected chi connectivity index (χ1v) is 7.67. The van der Waals surface area contributed by atoms with Gasteiger partial charge in [-0.25, -0.2) is 18.1 Å². The molecular weight excluding hydrogens is 266 g/mol. The second kappa shape index (κ2) is 6.83. The minimum atomic E-state index is -3.73. The van der Waals surface area contributed by atoms with E-state index in [9.17, 15) is 8.42 Å². The predicted octanol–water partition coefficient (Wildman–Crippen LogP) is 1.00. The number of sulfonamides is 1. The normalized spacial score (nSPS) is 13.7. The van der Waals surface area contributed by atoms with Crippen LogP contribution in [0.2, 0.25) is 0 Å². The van der Waals surface area contributed by atoms with Gasteiger partial charge < -0.3 is 10.5 Å². The number of hydrogen-bond acceptors (Lipinski definition) is 5. The lowest BCUT2D eigenvalue weighted by Gasteiger charge is -2.22. The van der Waals surface area contributed by atoms with Crippen LogP contribution >= 0.6 is 0 Å². The number of aromatic nitrogens is 1. The number of pyridine rings is 1. The summed E-state index contributed by atoms with van der Waals surface area (Å²) in [5.41, 5.74) is 5.78. The van der Waals surface area contributed by atoms with Gasteiger partial charge in [-0.15, -0.1) is 0 Å². The quantitative estimate of drug-likeness (QED) is 0.780. The van der Waals surface area contributed by atoms with Crippen LogP contribution in [0.3, 0.4) is 0 Å². The summed E-state index contributed by atoms with van der Waals surface area (Å²) >= 11 is 0. The Morgan fingerprint density at radius 2 is 2.16 bits per heavy atom. The molecule has 0 fully saturated rings. The van der Waals surface area contributed by atoms with Gasteiger partial charge in [-0.1, -0.05) is 13.8 Å². The average molecular weight is 287 g/mol. The molecule has 0 aliphatic heterocycles. The molecule has 1 heterocycles. The van der Waals surface area contributed by atoms with Crippen LogP contribution in [0.15, 0.2) is 23.4 Å². The summed E-state index contributed by atoms with van der Waals surface area (Å²) in [6.45, 7) is 6.57. The number of ether oxygens (including phenoxy) is 1. The fraction of sp³-hybridized carbons (Fsp3) is 0.583. The molecule has 7 heteroatoms. The lowest BCUT2D eigenvalue weighted by molar-refractivity contribution is 0.116. The van der Waals surface area contributed by atoms with Gasteiger partial charge in [-0.3, -0.25) is 0 Å². The number of nitrogen functional groups attached to an aromatic ring is 1. The number of nitrogens with one attached hydrogen (secondary N) is 1. The Labute approximate surface area is 114 Å². The summed E-state index contributed by atoms with van der Waals surface area (Å²) < 4.78 is 32.3. The molecule has 0 bridgehead atoms. The van der Waals surface area contributed by atoms with Gasteiger partial charge in [0, 0.05) is 18.8 Å². The van der Waals surface area contributed by atoms with Crippen LogP contribution in [0.4, 0.5) is 5.69 Å². The van der Waals surface area contributed by atoms with Crippen molar-refractivity contribution < 1.29 is 13.2 Å². The van der Waals surface area contributed by atoms with Crippen molar-refractivity contribution in [2.45, 2.75) is 31.8 Å². The Hall–Kier alpha value is -1.18. The molecule has 0 saturated heterocycles. The van der Waals surface area contributed by atoms with Gasteiger partial charge in [0.2, 0.25) is 0 Å². The van der Waals surface area contributed by atoms with E-state index in [-0.39, 0.29) is 22.7 Å². The van der Waals surface area contributed by atoms with Crippen molar-refractivity contribution in [3.05, 3.63) is 18.3 Å². The van der Waals surface area contributed by atoms with Crippen molar-refractivity contribution in [3.8, 4) is 0 Å². The summed E-state index contributed by atoms with van der Waals surface area (Å²) in [7, 11) is -3.73. The Morgan fingerprint density at radius 1 is 1.47 bits per heavy atom. The number of nitrogens with zero attached hydrogens (tertiary/aromatic N) is 1. The summed E-state index contributed by atoms with van der Waals surface area (Å²) in [4.78, 5) is 3.83. The second-order valence-corrected chi connectivity index (χ2v) is 6.16. The van der Waals surface area contributed by atoms with Crippen molar-refractivity contribution in [1.82, 2.24) is 9.71 Å². The van der Waals surface area contributed by atoms with E-state index in [0.29, 0.717) is 13.2 Å². The van der Waals surface area contributed by atoms with E-state index in [2.05, 4.69) is 9.71 Å². The van der Waals surface area contributed by atoms with E-state index < -0.39 is 10.0 Å². The molecule has 1 aromatic heterocycles. The monoisotopic (exact) mass is 287 g/mol. The Morgan fingerprint density at radius 3 is 2.68 bits per heavy atom. The fourth-order valence-corrected chi connectivity index (χ4v) is 2.92. The highest BCUT2D eigenvalue weighted by molar-refractivity contribution is 7.89. The van der Waals surface area contributed by atoms with Crippen LogP contribution in [0.5, 0.6) is 0 Å². The lowest BCUT2D eigenvalue weighted by atomic mass is 10.1. The number of hydrogen-bond donors (Lipinski definition) is 2. The van der Waals surface area contributed by atoms with Gasteiger partial charge in [0.15, 0.2) is 5.03 Å². The van der Waals surface area contributed by atoms with Crippen molar-refractivity contribution in [2.75, 3.05) is 18.9 Å². The molecule has 1 unspecified atom stereocenters. The third-order valence-electron chi connectivity index (χ3n) is 2.67. The maximum absolute atomic E-state index is 12.2. The third kappa shape index (κ3) is 4.45. The summed E-state index contributed by atoms with van der Waals surface area (Å²) in [6, 6.07) is 2.79. The Bertz CT molecular complexity index is 503. The topological polar surface area (TPSA) is 94.3 Å². The molecule has 1 rings (SSSR count). The van der Waals surface area contributed by atoms with Gasteiger partial charge in [-0.05, 0) is 25.0 Å². The van der Waals surface area contributed by atoms with Crippen molar-refractivity contribution in [1.29, 1.82) is 0 Å². The van der Waals surface area contributed by atoms with Gasteiger partial charge in [-0.2, -0.15) is 0 Å². The van der Waals surface area contributed by atoms with Crippen molar-refractivity contribution >= 4 is 15.7 Å². The zero-order valence-corrected chi connectivity index (χ0v) is 12.3. The van der Waals surface area contributed by atoms with Crippen molar-refractivity contribution in [3.63, 3.8) is 0 Å².